The van der Waals surface area contributed by atoms with Gasteiger partial charge in [-0.15, -0.1) is 11.8 Å². The molecule has 2 rings (SSSR count). The average Bonchev–Trinajstić information content (AvgIpc) is 2.46. The zero-order chi connectivity index (χ0) is 15.2. The van der Waals surface area contributed by atoms with E-state index in [2.05, 4.69) is 0 Å². The molecule has 0 saturated carbocycles. The lowest BCUT2D eigenvalue weighted by molar-refractivity contribution is -0.144. The Morgan fingerprint density at radius 3 is 2.86 bits per heavy atom. The molecule has 0 aromatic heterocycles. The normalized spacial score (nSPS) is 14.0. The van der Waals surface area contributed by atoms with E-state index < -0.39 is 0 Å². The lowest BCUT2D eigenvalue weighted by Gasteiger charge is -2.30. The maximum Gasteiger partial charge on any atom is 0.320 e. The largest absolute Gasteiger partial charge is 0.465 e. The molecule has 1 heterocycles. The first-order chi connectivity index (χ1) is 10.1. The standard InChI is InChI=1S/C15H20N2O3S/c1-3-20-15(19)11-16(2)10-14(18)17-8-9-21-13-7-5-4-6-12(13)17/h4-7H,3,8-11H2,1-2H3. The Labute approximate surface area is 129 Å². The fraction of sp³-hybridized carbons (Fsp3) is 0.467. The number of hydrogen-bond acceptors (Lipinski definition) is 5. The van der Waals surface area contributed by atoms with Crippen LogP contribution in [0.2, 0.25) is 0 Å². The number of thioether (sulfide) groups is 1. The van der Waals surface area contributed by atoms with Crippen LogP contribution in [0.25, 0.3) is 0 Å². The summed E-state index contributed by atoms with van der Waals surface area (Å²) in [6.07, 6.45) is 0. The highest BCUT2D eigenvalue weighted by Gasteiger charge is 2.23. The van der Waals surface area contributed by atoms with Gasteiger partial charge in [-0.05, 0) is 26.1 Å². The van der Waals surface area contributed by atoms with E-state index in [9.17, 15) is 9.59 Å². The summed E-state index contributed by atoms with van der Waals surface area (Å²) in [6.45, 7) is 3.16. The molecule has 21 heavy (non-hydrogen) atoms. The number of benzene rings is 1. The molecule has 1 aliphatic rings. The van der Waals surface area contributed by atoms with Crippen molar-refractivity contribution in [3.05, 3.63) is 24.3 Å². The van der Waals surface area contributed by atoms with Crippen LogP contribution in [0, 0.1) is 0 Å². The summed E-state index contributed by atoms with van der Waals surface area (Å²) >= 11 is 1.76. The van der Waals surface area contributed by atoms with Gasteiger partial charge in [-0.2, -0.15) is 0 Å². The molecule has 0 saturated heterocycles. The number of hydrogen-bond donors (Lipinski definition) is 0. The highest BCUT2D eigenvalue weighted by Crippen LogP contribution is 2.34. The molecule has 0 fully saturated rings. The summed E-state index contributed by atoms with van der Waals surface area (Å²) in [4.78, 5) is 28.5. The predicted octanol–water partition coefficient (Wildman–Crippen LogP) is 1.62. The summed E-state index contributed by atoms with van der Waals surface area (Å²) in [6, 6.07) is 7.91. The van der Waals surface area contributed by atoms with Crippen LogP contribution >= 0.6 is 11.8 Å². The van der Waals surface area contributed by atoms with Crippen LogP contribution in [0.4, 0.5) is 5.69 Å². The van der Waals surface area contributed by atoms with Gasteiger partial charge in [0.25, 0.3) is 0 Å². The van der Waals surface area contributed by atoms with Crippen molar-refractivity contribution in [2.24, 2.45) is 0 Å². The molecule has 0 radical (unpaired) electrons. The molecule has 0 unspecified atom stereocenters. The van der Waals surface area contributed by atoms with Gasteiger partial charge in [-0.1, -0.05) is 12.1 Å². The SMILES string of the molecule is CCOC(=O)CN(C)CC(=O)N1CCSc2ccccc21. The van der Waals surface area contributed by atoms with Crippen LogP contribution in [-0.2, 0) is 14.3 Å². The number of ether oxygens (including phenoxy) is 1. The van der Waals surface area contributed by atoms with E-state index in [1.165, 1.54) is 0 Å². The van der Waals surface area contributed by atoms with Gasteiger partial charge in [0, 0.05) is 17.2 Å². The van der Waals surface area contributed by atoms with Crippen molar-refractivity contribution in [1.82, 2.24) is 4.90 Å². The maximum absolute atomic E-state index is 12.4. The van der Waals surface area contributed by atoms with Gasteiger partial charge in [0.15, 0.2) is 0 Å². The Hall–Kier alpha value is -1.53. The maximum atomic E-state index is 12.4. The van der Waals surface area contributed by atoms with Gasteiger partial charge in [-0.25, -0.2) is 0 Å². The van der Waals surface area contributed by atoms with E-state index >= 15 is 0 Å². The van der Waals surface area contributed by atoms with Crippen molar-refractivity contribution < 1.29 is 14.3 Å². The number of carbonyl (C=O) groups excluding carboxylic acids is 2. The monoisotopic (exact) mass is 308 g/mol. The number of anilines is 1. The third kappa shape index (κ3) is 4.22. The van der Waals surface area contributed by atoms with Crippen LogP contribution in [0.5, 0.6) is 0 Å². The van der Waals surface area contributed by atoms with E-state index in [0.717, 1.165) is 16.3 Å². The highest BCUT2D eigenvalue weighted by atomic mass is 32.2. The fourth-order valence-corrected chi connectivity index (χ4v) is 3.22. The number of amides is 1. The number of rotatable bonds is 5. The molecule has 1 amide bonds. The second kappa shape index (κ2) is 7.47. The molecule has 114 valence electrons. The molecule has 5 nitrogen and oxygen atoms in total. The summed E-state index contributed by atoms with van der Waals surface area (Å²) in [5.74, 6) is 0.599. The van der Waals surface area contributed by atoms with E-state index in [0.29, 0.717) is 13.2 Å². The van der Waals surface area contributed by atoms with E-state index in [1.54, 1.807) is 35.5 Å². The Bertz CT molecular complexity index is 521. The van der Waals surface area contributed by atoms with Crippen molar-refractivity contribution in [1.29, 1.82) is 0 Å². The lowest BCUT2D eigenvalue weighted by Crippen LogP contribution is -2.43. The smallest absolute Gasteiger partial charge is 0.320 e. The number of likely N-dealkylation sites (N-methyl/N-ethyl adjacent to an activating group) is 1. The van der Waals surface area contributed by atoms with Crippen molar-refractivity contribution in [2.45, 2.75) is 11.8 Å². The minimum Gasteiger partial charge on any atom is -0.465 e. The predicted molar refractivity (Wildman–Crippen MR) is 83.6 cm³/mol. The summed E-state index contributed by atoms with van der Waals surface area (Å²) in [7, 11) is 1.75. The van der Waals surface area contributed by atoms with Gasteiger partial charge in [0.2, 0.25) is 5.91 Å². The van der Waals surface area contributed by atoms with Crippen LogP contribution in [0.15, 0.2) is 29.2 Å². The van der Waals surface area contributed by atoms with Crippen LogP contribution in [-0.4, -0.2) is 55.8 Å². The number of esters is 1. The number of fused-ring (bicyclic) bond motifs is 1. The zero-order valence-corrected chi connectivity index (χ0v) is 13.2. The minimum atomic E-state index is -0.303. The Morgan fingerprint density at radius 1 is 1.33 bits per heavy atom. The second-order valence-electron chi connectivity index (χ2n) is 4.84. The first kappa shape index (κ1) is 15.9. The topological polar surface area (TPSA) is 49.9 Å². The first-order valence-corrected chi connectivity index (χ1v) is 7.96. The summed E-state index contributed by atoms with van der Waals surface area (Å²) in [5, 5.41) is 0. The Morgan fingerprint density at radius 2 is 2.10 bits per heavy atom. The van der Waals surface area contributed by atoms with E-state index in [1.807, 2.05) is 24.3 Å². The van der Waals surface area contributed by atoms with Crippen molar-refractivity contribution >= 4 is 29.3 Å². The highest BCUT2D eigenvalue weighted by molar-refractivity contribution is 7.99. The Kier molecular flexibility index (Phi) is 5.64. The van der Waals surface area contributed by atoms with Gasteiger partial charge in [-0.3, -0.25) is 14.5 Å². The minimum absolute atomic E-state index is 0.00884. The molecular weight excluding hydrogens is 288 g/mol. The Balaban J connectivity index is 1.97. The number of carbonyl (C=O) groups is 2. The average molecular weight is 308 g/mol. The van der Waals surface area contributed by atoms with Crippen molar-refractivity contribution in [3.8, 4) is 0 Å². The lowest BCUT2D eigenvalue weighted by atomic mass is 10.2. The van der Waals surface area contributed by atoms with Gasteiger partial charge in [0.05, 0.1) is 25.4 Å². The van der Waals surface area contributed by atoms with Crippen LogP contribution in [0.1, 0.15) is 6.92 Å². The number of nitrogens with zero attached hydrogens (tertiary/aromatic N) is 2. The zero-order valence-electron chi connectivity index (χ0n) is 12.4. The second-order valence-corrected chi connectivity index (χ2v) is 5.98. The molecule has 1 aromatic rings. The van der Waals surface area contributed by atoms with Gasteiger partial charge >= 0.3 is 5.97 Å². The molecule has 0 atom stereocenters. The van der Waals surface area contributed by atoms with Gasteiger partial charge in [0.1, 0.15) is 0 Å². The number of para-hydroxylation sites is 1. The molecule has 0 aliphatic carbocycles. The fourth-order valence-electron chi connectivity index (χ4n) is 2.23. The molecule has 0 bridgehead atoms. The third-order valence-corrected chi connectivity index (χ3v) is 4.18. The molecule has 1 aromatic carbocycles. The molecule has 1 aliphatic heterocycles. The van der Waals surface area contributed by atoms with E-state index in [-0.39, 0.29) is 25.0 Å². The van der Waals surface area contributed by atoms with Crippen molar-refractivity contribution in [2.75, 3.05) is 43.9 Å². The van der Waals surface area contributed by atoms with Crippen molar-refractivity contribution in [3.63, 3.8) is 0 Å². The van der Waals surface area contributed by atoms with Crippen LogP contribution < -0.4 is 4.90 Å². The van der Waals surface area contributed by atoms with Gasteiger partial charge < -0.3 is 9.64 Å². The molecule has 0 N–H and O–H groups in total. The molecular formula is C15H20N2O3S. The third-order valence-electron chi connectivity index (χ3n) is 3.14. The molecule has 0 spiro atoms. The van der Waals surface area contributed by atoms with E-state index in [4.69, 9.17) is 4.74 Å². The summed E-state index contributed by atoms with van der Waals surface area (Å²) in [5.41, 5.74) is 0.961. The first-order valence-electron chi connectivity index (χ1n) is 6.98. The quantitative estimate of drug-likeness (QED) is 0.774. The summed E-state index contributed by atoms with van der Waals surface area (Å²) < 4.78 is 4.89. The van der Waals surface area contributed by atoms with Crippen LogP contribution in [0.3, 0.4) is 0 Å². The molecule has 6 heteroatoms.